The molecule has 0 aromatic carbocycles. The van der Waals surface area contributed by atoms with Gasteiger partial charge in [0.15, 0.2) is 0 Å². The van der Waals surface area contributed by atoms with Gasteiger partial charge < -0.3 is 0 Å². The zero-order valence-corrected chi connectivity index (χ0v) is 18.3. The van der Waals surface area contributed by atoms with Crippen molar-refractivity contribution in [3.63, 3.8) is 0 Å². The molecule has 1 rings (SSSR count). The average molecular weight is 416 g/mol. The van der Waals surface area contributed by atoms with E-state index in [9.17, 15) is 8.42 Å². The molecule has 0 aliphatic carbocycles. The number of rotatable bonds is 7. The van der Waals surface area contributed by atoms with Crippen molar-refractivity contribution in [1.29, 1.82) is 0 Å². The van der Waals surface area contributed by atoms with E-state index in [1.54, 1.807) is 12.1 Å². The van der Waals surface area contributed by atoms with Crippen molar-refractivity contribution >= 4 is 71.3 Å². The molecule has 0 saturated carbocycles. The van der Waals surface area contributed by atoms with Gasteiger partial charge in [-0.1, -0.05) is 0 Å². The molecule has 0 radical (unpaired) electrons. The summed E-state index contributed by atoms with van der Waals surface area (Å²) in [6.07, 6.45) is 1.99. The fraction of sp³-hybridized carbons (Fsp3) is 0.636. The summed E-state index contributed by atoms with van der Waals surface area (Å²) in [5, 5.41) is 0. The first-order valence-corrected chi connectivity index (χ1v) is 12.4. The van der Waals surface area contributed by atoms with Crippen molar-refractivity contribution in [2.75, 3.05) is 0 Å². The predicted octanol–water partition coefficient (Wildman–Crippen LogP) is 2.42. The maximum atomic E-state index is 12.2. The molecular formula is C11H19ClNNaO6S3. The molecule has 0 spiro atoms. The summed E-state index contributed by atoms with van der Waals surface area (Å²) in [4.78, 5) is 0. The van der Waals surface area contributed by atoms with Crippen LogP contribution < -0.4 is 4.72 Å². The number of nitrogens with one attached hydrogen (secondary N) is 1. The summed E-state index contributed by atoms with van der Waals surface area (Å²) in [6, 6.07) is 3.23. The van der Waals surface area contributed by atoms with Crippen LogP contribution in [0.3, 0.4) is 0 Å². The van der Waals surface area contributed by atoms with E-state index < -0.39 is 20.4 Å². The van der Waals surface area contributed by atoms with Crippen molar-refractivity contribution in [2.45, 2.75) is 40.6 Å². The van der Waals surface area contributed by atoms with Gasteiger partial charge in [0.2, 0.25) is 0 Å². The van der Waals surface area contributed by atoms with E-state index in [4.69, 9.17) is 29.1 Å². The van der Waals surface area contributed by atoms with Crippen LogP contribution in [0.15, 0.2) is 16.3 Å². The number of halogens is 1. The minimum Gasteiger partial charge on any atom is -0.264 e. The Bertz CT molecular complexity index is 664. The van der Waals surface area contributed by atoms with E-state index in [2.05, 4.69) is 18.6 Å². The summed E-state index contributed by atoms with van der Waals surface area (Å²) in [5.41, 5.74) is 0. The number of sulfonamides is 1. The van der Waals surface area contributed by atoms with Crippen LogP contribution in [0.2, 0.25) is 8.01 Å². The quantitative estimate of drug-likeness (QED) is 0.464. The molecule has 7 nitrogen and oxygen atoms in total. The van der Waals surface area contributed by atoms with E-state index in [1.165, 1.54) is 0 Å². The van der Waals surface area contributed by atoms with Crippen LogP contribution in [0.5, 0.6) is 0 Å². The molecule has 23 heavy (non-hydrogen) atoms. The normalized spacial score (nSPS) is 13.6. The second-order valence-electron chi connectivity index (χ2n) is 4.72. The number of hydrogen-bond acceptors (Lipinski definition) is 5. The molecular weight excluding hydrogens is 397 g/mol. The van der Waals surface area contributed by atoms with Crippen molar-refractivity contribution in [3.05, 3.63) is 16.5 Å². The van der Waals surface area contributed by atoms with Gasteiger partial charge in [0.25, 0.3) is 0 Å². The Kier molecular flexibility index (Phi) is 11.0. The zero-order valence-electron chi connectivity index (χ0n) is 13.1. The molecule has 0 unspecified atom stereocenters. The molecule has 1 aromatic rings. The van der Waals surface area contributed by atoms with Gasteiger partial charge in [-0.25, -0.2) is 0 Å². The molecule has 1 heterocycles. The van der Waals surface area contributed by atoms with Crippen molar-refractivity contribution in [2.24, 2.45) is 5.92 Å². The molecule has 1 atom stereocenters. The first-order chi connectivity index (χ1) is 10.4. The predicted molar refractivity (Wildman–Crippen MR) is 92.2 cm³/mol. The maximum Gasteiger partial charge on any atom is 0.394 e. The second-order valence-corrected chi connectivity index (χ2v) is 10.1. The summed E-state index contributed by atoms with van der Waals surface area (Å²) in [7, 11) is -8.08. The molecule has 0 amide bonds. The third-order valence-corrected chi connectivity index (χ3v) is 7.27. The van der Waals surface area contributed by atoms with Crippen molar-refractivity contribution in [1.82, 2.24) is 4.72 Å². The summed E-state index contributed by atoms with van der Waals surface area (Å²) < 4.78 is 60.6. The van der Waals surface area contributed by atoms with Crippen molar-refractivity contribution < 1.29 is 25.9 Å². The van der Waals surface area contributed by atoms with Gasteiger partial charge in [-0.2, -0.15) is 8.42 Å². The Labute approximate surface area is 163 Å². The van der Waals surface area contributed by atoms with Gasteiger partial charge in [-0.15, -0.1) is 0 Å². The van der Waals surface area contributed by atoms with E-state index >= 15 is 0 Å². The molecule has 130 valence electrons. The molecule has 0 saturated heterocycles. The largest absolute Gasteiger partial charge is 0.394 e. The first kappa shape index (κ1) is 23.8. The average Bonchev–Trinajstić information content (AvgIpc) is 2.84. The Morgan fingerprint density at radius 3 is 2.00 bits per heavy atom. The second kappa shape index (κ2) is 10.7. The van der Waals surface area contributed by atoms with Crippen LogP contribution in [0.25, 0.3) is 0 Å². The van der Waals surface area contributed by atoms with E-state index in [1.807, 2.05) is 0 Å². The summed E-state index contributed by atoms with van der Waals surface area (Å²) >= 11 is 7.88. The molecule has 0 aliphatic rings. The van der Waals surface area contributed by atoms with Crippen LogP contribution in [0, 0.1) is 5.92 Å². The van der Waals surface area contributed by atoms with Gasteiger partial charge in [0, 0.05) is 0 Å². The standard InChI is InChI=1S/C11H17ClNO2S2.Na.H2O4S/c1-4-9(5-2)8(3)13-17(14,15)11-7-6-10(12)16-11;;1-5(2,3)4/h6-9,13H,3-5H2,1-2H3;;(H2,1,2,3,4)/t8-;;/m1../s1. The SMILES string of the molecule is CCC(CC)[C@@H]([CH2][Na])NS(=O)(=O)c1ccc(Cl)s1.O=S(=O)(O)O. The van der Waals surface area contributed by atoms with Crippen molar-refractivity contribution in [3.8, 4) is 0 Å². The molecule has 0 bridgehead atoms. The van der Waals surface area contributed by atoms with Gasteiger partial charge in [-0.05, 0) is 0 Å². The summed E-state index contributed by atoms with van der Waals surface area (Å²) in [5.74, 6) is 0.410. The van der Waals surface area contributed by atoms with Crippen LogP contribution in [-0.4, -0.2) is 59.9 Å². The fourth-order valence-corrected chi connectivity index (χ4v) is 6.12. The van der Waals surface area contributed by atoms with E-state index in [0.717, 1.165) is 55.8 Å². The van der Waals surface area contributed by atoms with E-state index in [-0.39, 0.29) is 6.04 Å². The van der Waals surface area contributed by atoms with Crippen LogP contribution in [0.1, 0.15) is 26.7 Å². The summed E-state index contributed by atoms with van der Waals surface area (Å²) in [6.45, 7) is 4.21. The van der Waals surface area contributed by atoms with Crippen LogP contribution in [0.4, 0.5) is 0 Å². The van der Waals surface area contributed by atoms with Gasteiger partial charge in [0.05, 0.1) is 0 Å². The minimum absolute atomic E-state index is 0.0533. The Balaban J connectivity index is 0.000000841. The number of hydrogen-bond donors (Lipinski definition) is 3. The maximum absolute atomic E-state index is 12.2. The van der Waals surface area contributed by atoms with Crippen LogP contribution >= 0.6 is 22.9 Å². The van der Waals surface area contributed by atoms with Crippen LogP contribution in [-0.2, 0) is 20.4 Å². The number of thiophene rings is 1. The smallest absolute Gasteiger partial charge is 0.264 e. The third-order valence-electron chi connectivity index (χ3n) is 3.18. The third kappa shape index (κ3) is 10.4. The molecule has 0 aliphatic heterocycles. The zero-order chi connectivity index (χ0) is 18.3. The molecule has 12 heteroatoms. The Morgan fingerprint density at radius 2 is 1.70 bits per heavy atom. The van der Waals surface area contributed by atoms with Gasteiger partial charge >= 0.3 is 147 Å². The Hall–Kier alpha value is 0.770. The van der Waals surface area contributed by atoms with Gasteiger partial charge in [-0.3, -0.25) is 9.11 Å². The minimum atomic E-state index is -4.67. The Morgan fingerprint density at radius 1 is 1.22 bits per heavy atom. The molecule has 3 N–H and O–H groups in total. The fourth-order valence-electron chi connectivity index (χ4n) is 2.07. The monoisotopic (exact) mass is 415 g/mol. The molecule has 0 fully saturated rings. The first-order valence-electron chi connectivity index (χ1n) is 6.92. The molecule has 1 aromatic heterocycles. The van der Waals surface area contributed by atoms with E-state index in [0.29, 0.717) is 14.5 Å². The van der Waals surface area contributed by atoms with Gasteiger partial charge in [0.1, 0.15) is 0 Å². The topological polar surface area (TPSA) is 121 Å².